The lowest BCUT2D eigenvalue weighted by molar-refractivity contribution is -0.136. The second kappa shape index (κ2) is 11.0. The van der Waals surface area contributed by atoms with Gasteiger partial charge in [0.25, 0.3) is 5.91 Å². The lowest BCUT2D eigenvalue weighted by Gasteiger charge is -2.17. The molecule has 0 fully saturated rings. The van der Waals surface area contributed by atoms with Gasteiger partial charge in [0.2, 0.25) is 11.7 Å². The molecule has 0 saturated carbocycles. The summed E-state index contributed by atoms with van der Waals surface area (Å²) in [5.41, 5.74) is 0.924. The third-order valence-electron chi connectivity index (χ3n) is 4.35. The van der Waals surface area contributed by atoms with Crippen molar-refractivity contribution in [3.8, 4) is 5.75 Å². The maximum Gasteiger partial charge on any atom is 0.375 e. The molecule has 0 unspecified atom stereocenters. The van der Waals surface area contributed by atoms with Crippen molar-refractivity contribution in [1.29, 1.82) is 0 Å². The molecule has 1 heterocycles. The van der Waals surface area contributed by atoms with E-state index < -0.39 is 24.4 Å². The number of hydrogen-bond acceptors (Lipinski definition) is 6. The van der Waals surface area contributed by atoms with E-state index in [9.17, 15) is 14.4 Å². The molecule has 9 heteroatoms. The lowest BCUT2D eigenvalue weighted by atomic mass is 10.2. The molecule has 166 valence electrons. The molecule has 1 N–H and O–H groups in total. The molecule has 0 saturated heterocycles. The number of nitrogens with one attached hydrogen (secondary N) is 1. The molecule has 3 rings (SSSR count). The Morgan fingerprint density at radius 3 is 2.50 bits per heavy atom. The quantitative estimate of drug-likeness (QED) is 0.492. The Kier molecular flexibility index (Phi) is 7.88. The van der Waals surface area contributed by atoms with Crippen molar-refractivity contribution in [2.45, 2.75) is 6.61 Å². The number of anilines is 1. The largest absolute Gasteiger partial charge is 0.489 e. The van der Waals surface area contributed by atoms with E-state index >= 15 is 0 Å². The Morgan fingerprint density at radius 2 is 1.75 bits per heavy atom. The predicted octanol–water partition coefficient (Wildman–Crippen LogP) is 3.77. The minimum absolute atomic E-state index is 0.0483. The number of furan rings is 1. The van der Waals surface area contributed by atoms with Crippen molar-refractivity contribution in [3.05, 3.63) is 83.3 Å². The molecule has 0 aliphatic heterocycles. The minimum Gasteiger partial charge on any atom is -0.489 e. The first-order valence-corrected chi connectivity index (χ1v) is 10.0. The molecule has 1 aromatic heterocycles. The smallest absolute Gasteiger partial charge is 0.375 e. The fourth-order valence-corrected chi connectivity index (χ4v) is 2.85. The summed E-state index contributed by atoms with van der Waals surface area (Å²) in [6.45, 7) is -0.687. The van der Waals surface area contributed by atoms with Crippen molar-refractivity contribution in [2.75, 3.05) is 25.5 Å². The first-order chi connectivity index (χ1) is 15.4. The SMILES string of the molecule is CN(CC(=O)Nc1ccccc1Cl)C(=O)COC(=O)c1occc1COc1ccccc1. The Bertz CT molecular complexity index is 1080. The highest BCUT2D eigenvalue weighted by Gasteiger charge is 2.21. The van der Waals surface area contributed by atoms with E-state index in [-0.39, 0.29) is 18.9 Å². The van der Waals surface area contributed by atoms with Crippen LogP contribution < -0.4 is 10.1 Å². The molecular formula is C23H21ClN2O6. The predicted molar refractivity (Wildman–Crippen MR) is 117 cm³/mol. The molecule has 0 spiro atoms. The number of carbonyl (C=O) groups is 3. The van der Waals surface area contributed by atoms with E-state index in [0.717, 1.165) is 4.90 Å². The van der Waals surface area contributed by atoms with E-state index in [0.29, 0.717) is 22.0 Å². The molecule has 32 heavy (non-hydrogen) atoms. The fraction of sp³-hybridized carbons (Fsp3) is 0.174. The molecule has 0 bridgehead atoms. The fourth-order valence-electron chi connectivity index (χ4n) is 2.67. The zero-order valence-corrected chi connectivity index (χ0v) is 18.0. The monoisotopic (exact) mass is 456 g/mol. The number of amides is 2. The summed E-state index contributed by atoms with van der Waals surface area (Å²) in [5.74, 6) is -1.20. The van der Waals surface area contributed by atoms with Gasteiger partial charge in [-0.3, -0.25) is 9.59 Å². The van der Waals surface area contributed by atoms with Crippen molar-refractivity contribution in [2.24, 2.45) is 0 Å². The summed E-state index contributed by atoms with van der Waals surface area (Å²) in [4.78, 5) is 37.9. The summed E-state index contributed by atoms with van der Waals surface area (Å²) in [5, 5.41) is 3.00. The van der Waals surface area contributed by atoms with Gasteiger partial charge < -0.3 is 24.1 Å². The van der Waals surface area contributed by atoms with E-state index in [1.54, 1.807) is 42.5 Å². The van der Waals surface area contributed by atoms with Gasteiger partial charge in [-0.1, -0.05) is 41.9 Å². The van der Waals surface area contributed by atoms with Crippen molar-refractivity contribution in [1.82, 2.24) is 4.90 Å². The number of ether oxygens (including phenoxy) is 2. The second-order valence-corrected chi connectivity index (χ2v) is 7.14. The summed E-state index contributed by atoms with van der Waals surface area (Å²) >= 11 is 6.00. The van der Waals surface area contributed by atoms with E-state index in [1.807, 2.05) is 18.2 Å². The molecule has 0 radical (unpaired) electrons. The van der Waals surface area contributed by atoms with Crippen LogP contribution in [0, 0.1) is 0 Å². The van der Waals surface area contributed by atoms with Crippen LogP contribution in [0.3, 0.4) is 0 Å². The summed E-state index contributed by atoms with van der Waals surface area (Å²) in [7, 11) is 1.42. The normalized spacial score (nSPS) is 10.3. The Hall–Kier alpha value is -3.78. The highest BCUT2D eigenvalue weighted by Crippen LogP contribution is 2.20. The molecule has 3 aromatic rings. The number of para-hydroxylation sites is 2. The summed E-state index contributed by atoms with van der Waals surface area (Å²) < 4.78 is 15.9. The van der Waals surface area contributed by atoms with E-state index in [1.165, 1.54) is 13.3 Å². The van der Waals surface area contributed by atoms with Gasteiger partial charge in [0.15, 0.2) is 6.61 Å². The molecule has 2 aromatic carbocycles. The van der Waals surface area contributed by atoms with Crippen molar-refractivity contribution in [3.63, 3.8) is 0 Å². The number of likely N-dealkylation sites (N-methyl/N-ethyl adjacent to an activating group) is 1. The van der Waals surface area contributed by atoms with Crippen LogP contribution in [0.5, 0.6) is 5.75 Å². The standard InChI is InChI=1S/C23H21ClN2O6/c1-26(13-20(27)25-19-10-6-5-9-18(19)24)21(28)15-32-23(29)22-16(11-12-30-22)14-31-17-7-3-2-4-8-17/h2-12H,13-15H2,1H3,(H,25,27). The average molecular weight is 457 g/mol. The zero-order valence-electron chi connectivity index (χ0n) is 17.2. The molecule has 2 amide bonds. The highest BCUT2D eigenvalue weighted by molar-refractivity contribution is 6.33. The van der Waals surface area contributed by atoms with Gasteiger partial charge >= 0.3 is 5.97 Å². The maximum absolute atomic E-state index is 12.3. The van der Waals surface area contributed by atoms with Crippen LogP contribution in [0.15, 0.2) is 71.3 Å². The van der Waals surface area contributed by atoms with Gasteiger partial charge in [0.05, 0.1) is 23.5 Å². The van der Waals surface area contributed by atoms with Gasteiger partial charge in [-0.25, -0.2) is 4.79 Å². The van der Waals surface area contributed by atoms with Crippen molar-refractivity contribution < 1.29 is 28.3 Å². The van der Waals surface area contributed by atoms with Crippen LogP contribution in [0.25, 0.3) is 0 Å². The summed E-state index contributed by atoms with van der Waals surface area (Å²) in [6.07, 6.45) is 1.34. The number of carbonyl (C=O) groups excluding carboxylic acids is 3. The maximum atomic E-state index is 12.3. The van der Waals surface area contributed by atoms with Gasteiger partial charge in [-0.2, -0.15) is 0 Å². The number of benzene rings is 2. The van der Waals surface area contributed by atoms with Crippen LogP contribution in [0.2, 0.25) is 5.02 Å². The Morgan fingerprint density at radius 1 is 1.03 bits per heavy atom. The third kappa shape index (κ3) is 6.36. The number of hydrogen-bond donors (Lipinski definition) is 1. The summed E-state index contributed by atoms with van der Waals surface area (Å²) in [6, 6.07) is 17.4. The van der Waals surface area contributed by atoms with Gasteiger partial charge in [0, 0.05) is 12.6 Å². The topological polar surface area (TPSA) is 98.1 Å². The van der Waals surface area contributed by atoms with Crippen LogP contribution >= 0.6 is 11.6 Å². The molecule has 8 nitrogen and oxygen atoms in total. The molecule has 0 atom stereocenters. The molecular weight excluding hydrogens is 436 g/mol. The van der Waals surface area contributed by atoms with Crippen molar-refractivity contribution >= 4 is 35.1 Å². The average Bonchev–Trinajstić information content (AvgIpc) is 3.27. The first kappa shape index (κ1) is 22.9. The van der Waals surface area contributed by atoms with Crippen LogP contribution in [-0.4, -0.2) is 42.9 Å². The zero-order chi connectivity index (χ0) is 22.9. The van der Waals surface area contributed by atoms with Gasteiger partial charge in [0.1, 0.15) is 12.4 Å². The van der Waals surface area contributed by atoms with E-state index in [4.69, 9.17) is 25.5 Å². The Labute approximate surface area is 189 Å². The third-order valence-corrected chi connectivity index (χ3v) is 4.68. The Balaban J connectivity index is 1.47. The molecule has 0 aliphatic carbocycles. The highest BCUT2D eigenvalue weighted by atomic mass is 35.5. The number of halogens is 1. The first-order valence-electron chi connectivity index (χ1n) is 9.63. The number of nitrogens with zero attached hydrogens (tertiary/aromatic N) is 1. The number of esters is 1. The van der Waals surface area contributed by atoms with Gasteiger partial charge in [-0.05, 0) is 30.3 Å². The van der Waals surface area contributed by atoms with Crippen LogP contribution in [0.4, 0.5) is 5.69 Å². The lowest BCUT2D eigenvalue weighted by Crippen LogP contribution is -2.37. The molecule has 0 aliphatic rings. The van der Waals surface area contributed by atoms with Crippen LogP contribution in [0.1, 0.15) is 16.1 Å². The van der Waals surface area contributed by atoms with Gasteiger partial charge in [-0.15, -0.1) is 0 Å². The minimum atomic E-state index is -0.802. The van der Waals surface area contributed by atoms with Crippen LogP contribution in [-0.2, 0) is 20.9 Å². The van der Waals surface area contributed by atoms with E-state index in [2.05, 4.69) is 5.32 Å². The second-order valence-electron chi connectivity index (χ2n) is 6.73. The number of rotatable bonds is 9.